The van der Waals surface area contributed by atoms with Gasteiger partial charge in [0, 0.05) is 5.56 Å². The molecule has 0 saturated heterocycles. The van der Waals surface area contributed by atoms with E-state index < -0.39 is 11.9 Å². The fraction of sp³-hybridized carbons (Fsp3) is 0.345. The quantitative estimate of drug-likeness (QED) is 0.402. The van der Waals surface area contributed by atoms with E-state index in [1.54, 1.807) is 26.2 Å². The second-order valence-corrected chi connectivity index (χ2v) is 9.47. The average Bonchev–Trinajstić information content (AvgIpc) is 3.60. The summed E-state index contributed by atoms with van der Waals surface area (Å²) in [6.45, 7) is 1.80. The van der Waals surface area contributed by atoms with Gasteiger partial charge in [0.1, 0.15) is 23.4 Å². The van der Waals surface area contributed by atoms with Crippen molar-refractivity contribution in [2.75, 3.05) is 7.11 Å². The first-order chi connectivity index (χ1) is 16.4. The molecule has 2 aliphatic carbocycles. The number of aryl methyl sites for hydroxylation is 1. The maximum atomic E-state index is 14.5. The summed E-state index contributed by atoms with van der Waals surface area (Å²) in [6, 6.07) is 18.7. The summed E-state index contributed by atoms with van der Waals surface area (Å²) in [7, 11) is 1.58. The number of hydrogen-bond donors (Lipinski definition) is 1. The van der Waals surface area contributed by atoms with Gasteiger partial charge in [0.05, 0.1) is 13.0 Å². The van der Waals surface area contributed by atoms with Crippen LogP contribution in [0, 0.1) is 17.7 Å². The van der Waals surface area contributed by atoms with E-state index in [0.29, 0.717) is 17.2 Å². The van der Waals surface area contributed by atoms with Crippen molar-refractivity contribution in [2.45, 2.75) is 44.6 Å². The number of carbonyl (C=O) groups is 1. The SMILES string of the molecule is COc1ccc(F)c(-c2ccc3c(c2)CCC3Oc2cccc(C(C3CC3)C(C)C(=O)O)c2)c1. The first-order valence-electron chi connectivity index (χ1n) is 11.9. The summed E-state index contributed by atoms with van der Waals surface area (Å²) >= 11 is 0. The number of ether oxygens (including phenoxy) is 2. The maximum Gasteiger partial charge on any atom is 0.306 e. The molecule has 3 unspecified atom stereocenters. The van der Waals surface area contributed by atoms with Gasteiger partial charge >= 0.3 is 5.97 Å². The minimum absolute atomic E-state index is 0.0113. The summed E-state index contributed by atoms with van der Waals surface area (Å²) in [4.78, 5) is 11.7. The van der Waals surface area contributed by atoms with Crippen LogP contribution >= 0.6 is 0 Å². The Morgan fingerprint density at radius 3 is 2.59 bits per heavy atom. The van der Waals surface area contributed by atoms with Crippen molar-refractivity contribution in [3.8, 4) is 22.6 Å². The Bertz CT molecular complexity index is 1220. The molecule has 2 aliphatic rings. The summed E-state index contributed by atoms with van der Waals surface area (Å²) in [5.41, 5.74) is 4.67. The van der Waals surface area contributed by atoms with Crippen LogP contribution in [0.1, 0.15) is 54.9 Å². The highest BCUT2D eigenvalue weighted by atomic mass is 19.1. The van der Waals surface area contributed by atoms with Gasteiger partial charge in [-0.05, 0) is 90.1 Å². The molecule has 0 aliphatic heterocycles. The molecule has 0 aromatic heterocycles. The highest BCUT2D eigenvalue weighted by Crippen LogP contribution is 2.47. The van der Waals surface area contributed by atoms with Crippen LogP contribution in [0.2, 0.25) is 0 Å². The van der Waals surface area contributed by atoms with Gasteiger partial charge in [-0.3, -0.25) is 4.79 Å². The third-order valence-corrected chi connectivity index (χ3v) is 7.23. The van der Waals surface area contributed by atoms with Crippen molar-refractivity contribution in [1.29, 1.82) is 0 Å². The third-order valence-electron chi connectivity index (χ3n) is 7.23. The summed E-state index contributed by atoms with van der Waals surface area (Å²) in [5, 5.41) is 9.59. The van der Waals surface area contributed by atoms with Gasteiger partial charge in [0.2, 0.25) is 0 Å². The molecule has 4 nitrogen and oxygen atoms in total. The molecule has 0 bridgehead atoms. The minimum atomic E-state index is -0.754. The Morgan fingerprint density at radius 2 is 1.85 bits per heavy atom. The standard InChI is InChI=1S/C29H29FO4/c1-17(29(31)32)28(18-6-7-18)21-4-3-5-23(15-21)34-27-13-9-19-14-20(8-11-24(19)27)25-16-22(33-2)10-12-26(25)30/h3-5,8,10-12,14-18,27-28H,6-7,9,13H2,1-2H3,(H,31,32). The lowest BCUT2D eigenvalue weighted by Crippen LogP contribution is -2.20. The third kappa shape index (κ3) is 4.39. The van der Waals surface area contributed by atoms with Crippen LogP contribution < -0.4 is 9.47 Å². The van der Waals surface area contributed by atoms with Gasteiger partial charge in [0.15, 0.2) is 0 Å². The minimum Gasteiger partial charge on any atom is -0.497 e. The first kappa shape index (κ1) is 22.5. The molecule has 0 amide bonds. The van der Waals surface area contributed by atoms with Crippen molar-refractivity contribution in [3.63, 3.8) is 0 Å². The molecule has 0 spiro atoms. The Labute approximate surface area is 199 Å². The molecule has 0 heterocycles. The normalized spacial score (nSPS) is 18.7. The van der Waals surface area contributed by atoms with E-state index in [9.17, 15) is 14.3 Å². The maximum absolute atomic E-state index is 14.5. The van der Waals surface area contributed by atoms with Crippen molar-refractivity contribution >= 4 is 5.97 Å². The zero-order chi connectivity index (χ0) is 23.8. The molecule has 3 aromatic carbocycles. The molecular weight excluding hydrogens is 431 g/mol. The van der Waals surface area contributed by atoms with Gasteiger partial charge in [0.25, 0.3) is 0 Å². The van der Waals surface area contributed by atoms with Gasteiger partial charge in [-0.25, -0.2) is 4.39 Å². The summed E-state index contributed by atoms with van der Waals surface area (Å²) < 4.78 is 26.1. The van der Waals surface area contributed by atoms with E-state index in [-0.39, 0.29) is 17.8 Å². The van der Waals surface area contributed by atoms with Crippen LogP contribution in [0.15, 0.2) is 60.7 Å². The van der Waals surface area contributed by atoms with E-state index in [0.717, 1.165) is 53.7 Å². The molecular formula is C29H29FO4. The number of carboxylic acid groups (broad SMARTS) is 1. The number of hydrogen-bond acceptors (Lipinski definition) is 3. The smallest absolute Gasteiger partial charge is 0.306 e. The molecule has 0 radical (unpaired) electrons. The van der Waals surface area contributed by atoms with Crippen LogP contribution in [-0.2, 0) is 11.2 Å². The van der Waals surface area contributed by atoms with Crippen LogP contribution in [0.3, 0.4) is 0 Å². The number of fused-ring (bicyclic) bond motifs is 1. The molecule has 5 rings (SSSR count). The zero-order valence-electron chi connectivity index (χ0n) is 19.5. The van der Waals surface area contributed by atoms with Crippen LogP contribution in [0.25, 0.3) is 11.1 Å². The largest absolute Gasteiger partial charge is 0.497 e. The highest BCUT2D eigenvalue weighted by molar-refractivity contribution is 5.71. The summed E-state index contributed by atoms with van der Waals surface area (Å²) in [5.74, 6) is 0.383. The molecule has 176 valence electrons. The number of rotatable bonds is 8. The Morgan fingerprint density at radius 1 is 1.03 bits per heavy atom. The van der Waals surface area contributed by atoms with Gasteiger partial charge < -0.3 is 14.6 Å². The lowest BCUT2D eigenvalue weighted by atomic mass is 9.83. The van der Waals surface area contributed by atoms with Crippen LogP contribution in [0.5, 0.6) is 11.5 Å². The Kier molecular flexibility index (Phi) is 6.03. The topological polar surface area (TPSA) is 55.8 Å². The van der Waals surface area contributed by atoms with E-state index in [2.05, 4.69) is 0 Å². The molecule has 3 atom stereocenters. The van der Waals surface area contributed by atoms with Gasteiger partial charge in [-0.1, -0.05) is 37.3 Å². The second kappa shape index (κ2) is 9.13. The number of halogens is 1. The molecule has 5 heteroatoms. The predicted molar refractivity (Wildman–Crippen MR) is 129 cm³/mol. The van der Waals surface area contributed by atoms with E-state index in [4.69, 9.17) is 9.47 Å². The Hall–Kier alpha value is -3.34. The zero-order valence-corrected chi connectivity index (χ0v) is 19.5. The van der Waals surface area contributed by atoms with Crippen molar-refractivity contribution in [2.24, 2.45) is 11.8 Å². The molecule has 1 N–H and O–H groups in total. The molecule has 1 fully saturated rings. The number of carboxylic acids is 1. The van der Waals surface area contributed by atoms with Crippen molar-refractivity contribution < 1.29 is 23.8 Å². The average molecular weight is 461 g/mol. The fourth-order valence-electron chi connectivity index (χ4n) is 5.26. The first-order valence-corrected chi connectivity index (χ1v) is 11.9. The van der Waals surface area contributed by atoms with Crippen molar-refractivity contribution in [1.82, 2.24) is 0 Å². The van der Waals surface area contributed by atoms with Crippen LogP contribution in [-0.4, -0.2) is 18.2 Å². The molecule has 1 saturated carbocycles. The predicted octanol–water partition coefficient (Wildman–Crippen LogP) is 6.78. The van der Waals surface area contributed by atoms with E-state index >= 15 is 0 Å². The Balaban J connectivity index is 1.37. The molecule has 3 aromatic rings. The summed E-state index contributed by atoms with van der Waals surface area (Å²) in [6.07, 6.45) is 3.80. The number of methoxy groups -OCH3 is 1. The lowest BCUT2D eigenvalue weighted by Gasteiger charge is -2.22. The van der Waals surface area contributed by atoms with Gasteiger partial charge in [-0.2, -0.15) is 0 Å². The van der Waals surface area contributed by atoms with Crippen LogP contribution in [0.4, 0.5) is 4.39 Å². The van der Waals surface area contributed by atoms with Gasteiger partial charge in [-0.15, -0.1) is 0 Å². The monoisotopic (exact) mass is 460 g/mol. The molecule has 34 heavy (non-hydrogen) atoms. The second-order valence-electron chi connectivity index (χ2n) is 9.47. The van der Waals surface area contributed by atoms with E-state index in [1.165, 1.54) is 6.07 Å². The number of aliphatic carboxylic acids is 1. The highest BCUT2D eigenvalue weighted by Gasteiger charge is 2.38. The fourth-order valence-corrected chi connectivity index (χ4v) is 5.26. The number of benzene rings is 3. The van der Waals surface area contributed by atoms with E-state index in [1.807, 2.05) is 42.5 Å². The van der Waals surface area contributed by atoms with Crippen molar-refractivity contribution in [3.05, 3.63) is 83.2 Å². The lowest BCUT2D eigenvalue weighted by molar-refractivity contribution is -0.142.